The molecule has 1 aliphatic rings. The number of rotatable bonds is 3. The van der Waals surface area contributed by atoms with Crippen LogP contribution in [0.25, 0.3) is 0 Å². The van der Waals surface area contributed by atoms with Crippen LogP contribution in [0.1, 0.15) is 31.6 Å². The summed E-state index contributed by atoms with van der Waals surface area (Å²) < 4.78 is 7.50. The van der Waals surface area contributed by atoms with E-state index < -0.39 is 0 Å². The second-order valence-corrected chi connectivity index (χ2v) is 4.20. The molecule has 1 N–H and O–H groups in total. The van der Waals surface area contributed by atoms with E-state index in [9.17, 15) is 0 Å². The molecule has 2 heterocycles. The van der Waals surface area contributed by atoms with Crippen molar-refractivity contribution in [2.75, 3.05) is 13.2 Å². The van der Waals surface area contributed by atoms with Gasteiger partial charge in [-0.15, -0.1) is 0 Å². The van der Waals surface area contributed by atoms with Crippen molar-refractivity contribution in [3.63, 3.8) is 0 Å². The molecule has 84 valence electrons. The molecular weight excluding hydrogens is 190 g/mol. The first-order valence-corrected chi connectivity index (χ1v) is 5.58. The SMILES string of the molecule is CC(NC1CCCOC1)c1nccn1C. The highest BCUT2D eigenvalue weighted by Crippen LogP contribution is 2.13. The van der Waals surface area contributed by atoms with E-state index in [1.54, 1.807) is 0 Å². The van der Waals surface area contributed by atoms with Crippen LogP contribution in [0.5, 0.6) is 0 Å². The fraction of sp³-hybridized carbons (Fsp3) is 0.727. The molecule has 1 saturated heterocycles. The summed E-state index contributed by atoms with van der Waals surface area (Å²) in [5, 5.41) is 3.55. The maximum absolute atomic E-state index is 5.44. The first kappa shape index (κ1) is 10.6. The molecule has 1 fully saturated rings. The fourth-order valence-corrected chi connectivity index (χ4v) is 2.09. The molecule has 0 bridgehead atoms. The number of hydrogen-bond donors (Lipinski definition) is 1. The molecule has 0 aromatic carbocycles. The van der Waals surface area contributed by atoms with Crippen LogP contribution in [-0.2, 0) is 11.8 Å². The van der Waals surface area contributed by atoms with Crippen molar-refractivity contribution in [2.24, 2.45) is 7.05 Å². The number of nitrogens with one attached hydrogen (secondary N) is 1. The Balaban J connectivity index is 1.91. The van der Waals surface area contributed by atoms with Gasteiger partial charge in [-0.05, 0) is 19.8 Å². The van der Waals surface area contributed by atoms with Gasteiger partial charge < -0.3 is 14.6 Å². The van der Waals surface area contributed by atoms with Gasteiger partial charge in [-0.1, -0.05) is 0 Å². The third-order valence-corrected chi connectivity index (χ3v) is 2.89. The number of hydrogen-bond acceptors (Lipinski definition) is 3. The second-order valence-electron chi connectivity index (χ2n) is 4.20. The van der Waals surface area contributed by atoms with Gasteiger partial charge in [0, 0.05) is 32.1 Å². The minimum absolute atomic E-state index is 0.289. The summed E-state index contributed by atoms with van der Waals surface area (Å²) >= 11 is 0. The van der Waals surface area contributed by atoms with Crippen LogP contribution in [-0.4, -0.2) is 28.8 Å². The highest BCUT2D eigenvalue weighted by Gasteiger charge is 2.18. The topological polar surface area (TPSA) is 39.1 Å². The maximum atomic E-state index is 5.44. The van der Waals surface area contributed by atoms with Crippen molar-refractivity contribution in [1.29, 1.82) is 0 Å². The van der Waals surface area contributed by atoms with E-state index in [2.05, 4.69) is 21.8 Å². The summed E-state index contributed by atoms with van der Waals surface area (Å²) in [5.74, 6) is 1.08. The molecule has 0 aliphatic carbocycles. The number of nitrogens with zero attached hydrogens (tertiary/aromatic N) is 2. The Labute approximate surface area is 90.6 Å². The molecule has 15 heavy (non-hydrogen) atoms. The molecule has 2 atom stereocenters. The molecule has 4 nitrogen and oxygen atoms in total. The Morgan fingerprint density at radius 3 is 3.13 bits per heavy atom. The van der Waals surface area contributed by atoms with E-state index in [-0.39, 0.29) is 6.04 Å². The zero-order chi connectivity index (χ0) is 10.7. The lowest BCUT2D eigenvalue weighted by Crippen LogP contribution is -2.38. The lowest BCUT2D eigenvalue weighted by Gasteiger charge is -2.26. The third-order valence-electron chi connectivity index (χ3n) is 2.89. The largest absolute Gasteiger partial charge is 0.380 e. The quantitative estimate of drug-likeness (QED) is 0.814. The number of ether oxygens (including phenoxy) is 1. The highest BCUT2D eigenvalue weighted by atomic mass is 16.5. The second kappa shape index (κ2) is 4.77. The average Bonchev–Trinajstić information content (AvgIpc) is 2.66. The van der Waals surface area contributed by atoms with Gasteiger partial charge in [-0.2, -0.15) is 0 Å². The number of aryl methyl sites for hydroxylation is 1. The summed E-state index contributed by atoms with van der Waals surface area (Å²) in [7, 11) is 2.03. The lowest BCUT2D eigenvalue weighted by atomic mass is 10.1. The molecule has 0 saturated carbocycles. The van der Waals surface area contributed by atoms with Gasteiger partial charge in [0.25, 0.3) is 0 Å². The first-order chi connectivity index (χ1) is 7.27. The standard InChI is InChI=1S/C11H19N3O/c1-9(11-12-5-6-14(11)2)13-10-4-3-7-15-8-10/h5-6,9-10,13H,3-4,7-8H2,1-2H3. The molecule has 1 aromatic rings. The Morgan fingerprint density at radius 1 is 1.67 bits per heavy atom. The van der Waals surface area contributed by atoms with Gasteiger partial charge in [-0.25, -0.2) is 4.98 Å². The van der Waals surface area contributed by atoms with E-state index in [1.807, 2.05) is 19.4 Å². The highest BCUT2D eigenvalue weighted by molar-refractivity contribution is 4.97. The van der Waals surface area contributed by atoms with E-state index in [1.165, 1.54) is 6.42 Å². The number of aromatic nitrogens is 2. The molecular formula is C11H19N3O. The predicted molar refractivity (Wildman–Crippen MR) is 58.6 cm³/mol. The van der Waals surface area contributed by atoms with Crippen molar-refractivity contribution >= 4 is 0 Å². The molecule has 2 unspecified atom stereocenters. The van der Waals surface area contributed by atoms with Gasteiger partial charge >= 0.3 is 0 Å². The van der Waals surface area contributed by atoms with Crippen LogP contribution < -0.4 is 5.32 Å². The van der Waals surface area contributed by atoms with E-state index in [0.717, 1.165) is 25.5 Å². The van der Waals surface area contributed by atoms with Crippen LogP contribution in [0.15, 0.2) is 12.4 Å². The lowest BCUT2D eigenvalue weighted by molar-refractivity contribution is 0.0666. The predicted octanol–water partition coefficient (Wildman–Crippen LogP) is 1.25. The minimum atomic E-state index is 0.289. The molecule has 2 rings (SSSR count). The van der Waals surface area contributed by atoms with Crippen molar-refractivity contribution in [3.8, 4) is 0 Å². The van der Waals surface area contributed by atoms with Gasteiger partial charge in [0.2, 0.25) is 0 Å². The molecule has 0 radical (unpaired) electrons. The third kappa shape index (κ3) is 2.58. The zero-order valence-electron chi connectivity index (χ0n) is 9.44. The number of imidazole rings is 1. The van der Waals surface area contributed by atoms with Gasteiger partial charge in [0.1, 0.15) is 5.82 Å². The van der Waals surface area contributed by atoms with Crippen LogP contribution in [0.3, 0.4) is 0 Å². The van der Waals surface area contributed by atoms with Gasteiger partial charge in [-0.3, -0.25) is 0 Å². The molecule has 4 heteroatoms. The van der Waals surface area contributed by atoms with Gasteiger partial charge in [0.15, 0.2) is 0 Å². The molecule has 0 spiro atoms. The fourth-order valence-electron chi connectivity index (χ4n) is 2.09. The van der Waals surface area contributed by atoms with E-state index in [4.69, 9.17) is 4.74 Å². The molecule has 0 amide bonds. The van der Waals surface area contributed by atoms with Crippen LogP contribution in [0, 0.1) is 0 Å². The minimum Gasteiger partial charge on any atom is -0.380 e. The van der Waals surface area contributed by atoms with Gasteiger partial charge in [0.05, 0.1) is 12.6 Å². The van der Waals surface area contributed by atoms with E-state index >= 15 is 0 Å². The van der Waals surface area contributed by atoms with E-state index in [0.29, 0.717) is 6.04 Å². The van der Waals surface area contributed by atoms with Crippen molar-refractivity contribution in [2.45, 2.75) is 31.8 Å². The van der Waals surface area contributed by atoms with Crippen molar-refractivity contribution in [1.82, 2.24) is 14.9 Å². The Morgan fingerprint density at radius 2 is 2.53 bits per heavy atom. The van der Waals surface area contributed by atoms with Crippen LogP contribution in [0.2, 0.25) is 0 Å². The Bertz CT molecular complexity index is 305. The van der Waals surface area contributed by atoms with Crippen LogP contribution >= 0.6 is 0 Å². The monoisotopic (exact) mass is 209 g/mol. The summed E-state index contributed by atoms with van der Waals surface area (Å²) in [6.45, 7) is 3.89. The smallest absolute Gasteiger partial charge is 0.125 e. The summed E-state index contributed by atoms with van der Waals surface area (Å²) in [6, 6.07) is 0.766. The van der Waals surface area contributed by atoms with Crippen molar-refractivity contribution < 1.29 is 4.74 Å². The first-order valence-electron chi connectivity index (χ1n) is 5.58. The molecule has 1 aliphatic heterocycles. The summed E-state index contributed by atoms with van der Waals surface area (Å²) in [5.41, 5.74) is 0. The normalized spacial score (nSPS) is 24.0. The summed E-state index contributed by atoms with van der Waals surface area (Å²) in [6.07, 6.45) is 6.18. The van der Waals surface area contributed by atoms with Crippen molar-refractivity contribution in [3.05, 3.63) is 18.2 Å². The Hall–Kier alpha value is -0.870. The summed E-state index contributed by atoms with van der Waals surface area (Å²) in [4.78, 5) is 4.34. The molecule has 1 aromatic heterocycles. The average molecular weight is 209 g/mol. The Kier molecular flexibility index (Phi) is 3.38. The zero-order valence-corrected chi connectivity index (χ0v) is 9.44. The maximum Gasteiger partial charge on any atom is 0.125 e. The van der Waals surface area contributed by atoms with Crippen LogP contribution in [0.4, 0.5) is 0 Å².